The van der Waals surface area contributed by atoms with Crippen LogP contribution in [0.3, 0.4) is 0 Å². The van der Waals surface area contributed by atoms with Gasteiger partial charge in [0.15, 0.2) is 5.75 Å². The van der Waals surface area contributed by atoms with Crippen LogP contribution in [0.5, 0.6) is 5.75 Å². The minimum absolute atomic E-state index is 0.0661. The number of nitrogens with zero attached hydrogens (tertiary/aromatic N) is 2. The number of nitrogens with two attached hydrogens (primary N) is 1. The molecule has 0 aliphatic carbocycles. The molecule has 0 radical (unpaired) electrons. The van der Waals surface area contributed by atoms with Crippen LogP contribution in [-0.4, -0.2) is 68.1 Å². The van der Waals surface area contributed by atoms with Crippen molar-refractivity contribution in [3.8, 4) is 5.75 Å². The van der Waals surface area contributed by atoms with Crippen molar-refractivity contribution in [3.63, 3.8) is 0 Å². The molecule has 0 spiro atoms. The van der Waals surface area contributed by atoms with Gasteiger partial charge in [0.25, 0.3) is 0 Å². The van der Waals surface area contributed by atoms with Crippen LogP contribution in [0.1, 0.15) is 39.7 Å². The van der Waals surface area contributed by atoms with Gasteiger partial charge in [-0.1, -0.05) is 39.3 Å². The molecule has 1 aromatic rings. The molecular weight excluding hydrogens is 406 g/mol. The summed E-state index contributed by atoms with van der Waals surface area (Å²) in [6, 6.07) is 4.04. The topological polar surface area (TPSA) is 88.3 Å². The van der Waals surface area contributed by atoms with E-state index in [9.17, 15) is 9.90 Å². The van der Waals surface area contributed by atoms with E-state index in [2.05, 4.69) is 43.6 Å². The molecule has 0 bridgehead atoms. The number of amides is 1. The molecule has 2 rings (SSSR count). The van der Waals surface area contributed by atoms with E-state index in [1.54, 1.807) is 7.11 Å². The lowest BCUT2D eigenvalue weighted by Gasteiger charge is -2.47. The zero-order valence-corrected chi connectivity index (χ0v) is 19.5. The van der Waals surface area contributed by atoms with Gasteiger partial charge in [-0.3, -0.25) is 4.90 Å². The van der Waals surface area contributed by atoms with Gasteiger partial charge in [-0.05, 0) is 29.5 Å². The van der Waals surface area contributed by atoms with Gasteiger partial charge in [0.05, 0.1) is 30.5 Å². The zero-order chi connectivity index (χ0) is 22.5. The average molecular weight is 442 g/mol. The lowest BCUT2D eigenvalue weighted by atomic mass is 9.81. The van der Waals surface area contributed by atoms with Gasteiger partial charge in [-0.2, -0.15) is 0 Å². The van der Waals surface area contributed by atoms with Crippen LogP contribution in [0.15, 0.2) is 12.1 Å². The lowest BCUT2D eigenvalue weighted by Crippen LogP contribution is -2.58. The van der Waals surface area contributed by atoms with E-state index in [4.69, 9.17) is 26.8 Å². The average Bonchev–Trinajstić information content (AvgIpc) is 2.66. The number of carbonyl (C=O) groups excluding carboxylic acids is 1. The summed E-state index contributed by atoms with van der Waals surface area (Å²) in [5.41, 5.74) is 7.08. The number of hydrogen-bond acceptors (Lipinski definition) is 6. The van der Waals surface area contributed by atoms with Crippen LogP contribution in [0, 0.1) is 5.41 Å². The molecular formula is C22H36ClN3O4. The highest BCUT2D eigenvalue weighted by molar-refractivity contribution is 6.32. The van der Waals surface area contributed by atoms with Crippen molar-refractivity contribution >= 4 is 23.4 Å². The van der Waals surface area contributed by atoms with Crippen molar-refractivity contribution in [2.75, 3.05) is 44.8 Å². The molecule has 1 aromatic carbocycles. The highest BCUT2D eigenvalue weighted by atomic mass is 35.5. The van der Waals surface area contributed by atoms with Crippen molar-refractivity contribution in [1.82, 2.24) is 4.90 Å². The van der Waals surface area contributed by atoms with Crippen LogP contribution >= 0.6 is 11.6 Å². The number of rotatable bonds is 8. The van der Waals surface area contributed by atoms with Crippen LogP contribution < -0.4 is 15.4 Å². The van der Waals surface area contributed by atoms with Crippen molar-refractivity contribution in [3.05, 3.63) is 22.7 Å². The zero-order valence-electron chi connectivity index (χ0n) is 18.8. The summed E-state index contributed by atoms with van der Waals surface area (Å²) in [5.74, 6) is 0.707. The van der Waals surface area contributed by atoms with Crippen LogP contribution in [0.2, 0.25) is 5.02 Å². The van der Waals surface area contributed by atoms with Crippen molar-refractivity contribution in [2.45, 2.75) is 52.7 Å². The summed E-state index contributed by atoms with van der Waals surface area (Å²) >= 11 is 6.44. The number of benzene rings is 1. The number of anilines is 1. The third-order valence-corrected chi connectivity index (χ3v) is 5.93. The molecule has 3 N–H and O–H groups in total. The van der Waals surface area contributed by atoms with Crippen LogP contribution in [0.4, 0.5) is 10.5 Å². The second kappa shape index (κ2) is 10.6. The van der Waals surface area contributed by atoms with Crippen molar-refractivity contribution < 1.29 is 19.4 Å². The first-order chi connectivity index (χ1) is 14.1. The molecule has 30 heavy (non-hydrogen) atoms. The van der Waals surface area contributed by atoms with Gasteiger partial charge in [-0.15, -0.1) is 0 Å². The molecule has 1 aliphatic rings. The molecule has 7 nitrogen and oxygen atoms in total. The normalized spacial score (nSPS) is 17.5. The maximum atomic E-state index is 10.9. The molecule has 170 valence electrons. The van der Waals surface area contributed by atoms with Crippen LogP contribution in [0.25, 0.3) is 0 Å². The number of aryl methyl sites for hydroxylation is 1. The highest BCUT2D eigenvalue weighted by Gasteiger charge is 2.37. The van der Waals surface area contributed by atoms with E-state index >= 15 is 0 Å². The third-order valence-electron chi connectivity index (χ3n) is 5.65. The second-order valence-electron chi connectivity index (χ2n) is 8.84. The van der Waals surface area contributed by atoms with E-state index in [-0.39, 0.29) is 18.1 Å². The first-order valence-electron chi connectivity index (χ1n) is 10.5. The van der Waals surface area contributed by atoms with E-state index in [0.717, 1.165) is 38.3 Å². The molecule has 1 fully saturated rings. The van der Waals surface area contributed by atoms with Gasteiger partial charge < -0.3 is 25.2 Å². The van der Waals surface area contributed by atoms with Gasteiger partial charge in [-0.25, -0.2) is 4.79 Å². The predicted molar refractivity (Wildman–Crippen MR) is 121 cm³/mol. The van der Waals surface area contributed by atoms with Gasteiger partial charge in [0.1, 0.15) is 0 Å². The number of halogens is 1. The van der Waals surface area contributed by atoms with Crippen molar-refractivity contribution in [1.29, 1.82) is 0 Å². The molecule has 2 atom stereocenters. The number of ether oxygens (including phenoxy) is 2. The summed E-state index contributed by atoms with van der Waals surface area (Å²) in [6.45, 7) is 11.8. The molecule has 1 amide bonds. The first kappa shape index (κ1) is 24.6. The molecule has 1 aliphatic heterocycles. The Morgan fingerprint density at radius 3 is 2.40 bits per heavy atom. The minimum Gasteiger partial charge on any atom is -0.493 e. The number of hydrogen-bond donors (Lipinski definition) is 2. The van der Waals surface area contributed by atoms with Gasteiger partial charge in [0, 0.05) is 38.6 Å². The highest BCUT2D eigenvalue weighted by Crippen LogP contribution is 2.38. The fourth-order valence-corrected chi connectivity index (χ4v) is 4.64. The number of aliphatic hydroxyl groups is 1. The molecule has 1 saturated heterocycles. The number of carbonyl (C=O) groups is 1. The van der Waals surface area contributed by atoms with E-state index < -0.39 is 12.2 Å². The Hall–Kier alpha value is -1.70. The SMILES string of the molecule is CCc1cc(Cl)c(OC)c(N2CCN(C([C@H](O)CCOC(N)=O)C(C)(C)C)CC2)c1. The Kier molecular flexibility index (Phi) is 8.64. The monoisotopic (exact) mass is 441 g/mol. The smallest absolute Gasteiger partial charge is 0.404 e. The van der Waals surface area contributed by atoms with Crippen LogP contribution in [-0.2, 0) is 11.2 Å². The molecule has 8 heteroatoms. The second-order valence-corrected chi connectivity index (χ2v) is 9.25. The van der Waals surface area contributed by atoms with Gasteiger partial charge in [0.2, 0.25) is 0 Å². The first-order valence-corrected chi connectivity index (χ1v) is 10.9. The largest absolute Gasteiger partial charge is 0.493 e. The summed E-state index contributed by atoms with van der Waals surface area (Å²) < 4.78 is 10.4. The molecule has 1 unspecified atom stereocenters. The Bertz CT molecular complexity index is 715. The van der Waals surface area contributed by atoms with E-state index in [1.165, 1.54) is 5.56 Å². The Morgan fingerprint density at radius 2 is 1.90 bits per heavy atom. The van der Waals surface area contributed by atoms with E-state index in [1.807, 2.05) is 6.07 Å². The van der Waals surface area contributed by atoms with E-state index in [0.29, 0.717) is 17.2 Å². The summed E-state index contributed by atoms with van der Waals surface area (Å²) in [6.07, 6.45) is -0.177. The minimum atomic E-state index is -0.815. The number of methoxy groups -OCH3 is 1. The fraction of sp³-hybridized carbons (Fsp3) is 0.682. The maximum Gasteiger partial charge on any atom is 0.404 e. The summed E-state index contributed by atoms with van der Waals surface area (Å²) in [4.78, 5) is 15.4. The third kappa shape index (κ3) is 6.15. The predicted octanol–water partition coefficient (Wildman–Crippen LogP) is 3.29. The standard InChI is InChI=1S/C22H36ClN3O4/c1-6-15-13-16(23)19(29-5)17(14-15)25-8-10-26(11-9-25)20(22(2,3)4)18(27)7-12-30-21(24)28/h13-14,18,20,27H,6-12H2,1-5H3,(H2,24,28)/t18-,20?/m1/s1. The fourth-order valence-electron chi connectivity index (χ4n) is 4.32. The lowest BCUT2D eigenvalue weighted by molar-refractivity contribution is -0.0235. The van der Waals surface area contributed by atoms with Crippen molar-refractivity contribution in [2.24, 2.45) is 11.1 Å². The number of aliphatic hydroxyl groups excluding tert-OH is 1. The number of primary amides is 1. The number of piperazine rings is 1. The van der Waals surface area contributed by atoms with Gasteiger partial charge >= 0.3 is 6.09 Å². The molecule has 1 heterocycles. The summed E-state index contributed by atoms with van der Waals surface area (Å²) in [5, 5.41) is 11.5. The maximum absolute atomic E-state index is 10.9. The molecule has 0 aromatic heterocycles. The Labute approximate surface area is 185 Å². The Balaban J connectivity index is 2.12. The Morgan fingerprint density at radius 1 is 1.27 bits per heavy atom. The quantitative estimate of drug-likeness (QED) is 0.643. The molecule has 0 saturated carbocycles. The summed E-state index contributed by atoms with van der Waals surface area (Å²) in [7, 11) is 1.65.